The third-order valence-electron chi connectivity index (χ3n) is 10.2. The molecular formula is C48H30N4. The van der Waals surface area contributed by atoms with Crippen LogP contribution in [-0.2, 0) is 0 Å². The number of aromatic nitrogens is 3. The fourth-order valence-corrected chi connectivity index (χ4v) is 7.83. The quantitative estimate of drug-likeness (QED) is 0.184. The molecule has 0 aliphatic rings. The van der Waals surface area contributed by atoms with E-state index in [1.54, 1.807) is 0 Å². The second-order valence-electron chi connectivity index (χ2n) is 13.1. The maximum atomic E-state index is 9.93. The number of para-hydroxylation sites is 3. The number of hydrogen-bond donors (Lipinski definition) is 0. The molecule has 0 fully saturated rings. The van der Waals surface area contributed by atoms with Gasteiger partial charge in [-0.1, -0.05) is 121 Å². The summed E-state index contributed by atoms with van der Waals surface area (Å²) >= 11 is 0. The van der Waals surface area contributed by atoms with E-state index in [2.05, 4.69) is 155 Å². The number of benzene rings is 7. The van der Waals surface area contributed by atoms with Crippen LogP contribution in [-0.4, -0.2) is 14.1 Å². The molecule has 3 aromatic heterocycles. The molecule has 0 aliphatic heterocycles. The van der Waals surface area contributed by atoms with E-state index in [4.69, 9.17) is 4.98 Å². The molecule has 0 aliphatic carbocycles. The molecule has 0 spiro atoms. The van der Waals surface area contributed by atoms with Crippen molar-refractivity contribution >= 4 is 43.6 Å². The summed E-state index contributed by atoms with van der Waals surface area (Å²) < 4.78 is 4.81. The van der Waals surface area contributed by atoms with E-state index < -0.39 is 0 Å². The van der Waals surface area contributed by atoms with Gasteiger partial charge in [0.05, 0.1) is 45.1 Å². The lowest BCUT2D eigenvalue weighted by Crippen LogP contribution is -1.96. The van der Waals surface area contributed by atoms with Crippen molar-refractivity contribution in [1.82, 2.24) is 14.1 Å². The summed E-state index contributed by atoms with van der Waals surface area (Å²) in [6.07, 6.45) is 0. The Bertz CT molecular complexity index is 3000. The van der Waals surface area contributed by atoms with Gasteiger partial charge in [0.15, 0.2) is 0 Å². The maximum Gasteiger partial charge on any atom is 0.0998 e. The van der Waals surface area contributed by atoms with Crippen LogP contribution in [0.4, 0.5) is 0 Å². The summed E-state index contributed by atoms with van der Waals surface area (Å²) in [5.74, 6) is 0. The Kier molecular flexibility index (Phi) is 6.84. The molecule has 10 aromatic rings. The van der Waals surface area contributed by atoms with Crippen LogP contribution >= 0.6 is 0 Å². The molecule has 3 heterocycles. The zero-order valence-corrected chi connectivity index (χ0v) is 28.1. The van der Waals surface area contributed by atoms with Crippen LogP contribution in [0.2, 0.25) is 0 Å². The number of nitrogens with zero attached hydrogens (tertiary/aromatic N) is 4. The largest absolute Gasteiger partial charge is 0.309 e. The molecule has 0 atom stereocenters. The van der Waals surface area contributed by atoms with Gasteiger partial charge >= 0.3 is 0 Å². The van der Waals surface area contributed by atoms with E-state index in [1.165, 1.54) is 43.6 Å². The molecule has 10 rings (SSSR count). The van der Waals surface area contributed by atoms with Gasteiger partial charge in [0.25, 0.3) is 0 Å². The summed E-state index contributed by atoms with van der Waals surface area (Å²) in [5.41, 5.74) is 13.2. The average molecular weight is 663 g/mol. The van der Waals surface area contributed by atoms with Gasteiger partial charge in [-0.2, -0.15) is 5.26 Å². The summed E-state index contributed by atoms with van der Waals surface area (Å²) in [5, 5.41) is 14.8. The van der Waals surface area contributed by atoms with E-state index >= 15 is 0 Å². The van der Waals surface area contributed by atoms with E-state index in [1.807, 2.05) is 42.5 Å². The first-order chi connectivity index (χ1) is 25.8. The van der Waals surface area contributed by atoms with E-state index in [-0.39, 0.29) is 0 Å². The molecule has 0 radical (unpaired) electrons. The second kappa shape index (κ2) is 12.0. The van der Waals surface area contributed by atoms with Crippen molar-refractivity contribution in [2.45, 2.75) is 0 Å². The summed E-state index contributed by atoms with van der Waals surface area (Å²) in [4.78, 5) is 5.05. The first kappa shape index (κ1) is 29.7. The zero-order chi connectivity index (χ0) is 34.6. The molecule has 242 valence electrons. The zero-order valence-electron chi connectivity index (χ0n) is 28.1. The number of pyridine rings is 1. The highest BCUT2D eigenvalue weighted by Gasteiger charge is 2.21. The Balaban J connectivity index is 1.19. The summed E-state index contributed by atoms with van der Waals surface area (Å²) in [7, 11) is 0. The van der Waals surface area contributed by atoms with Crippen LogP contribution in [0.1, 0.15) is 5.56 Å². The first-order valence-corrected chi connectivity index (χ1v) is 17.5. The maximum absolute atomic E-state index is 9.93. The minimum atomic E-state index is 0.604. The van der Waals surface area contributed by atoms with Crippen LogP contribution in [0.15, 0.2) is 182 Å². The standard InChI is InChI=1S/C48H30N4/c49-31-34-15-7-8-18-38(34)43-30-35(29-42(50-43)33-13-3-1-4-14-33)32-23-25-37(26-24-32)52-44-21-11-9-19-39(44)40-27-28-46-47(48(40)52)41-20-10-12-22-45(41)51(46)36-16-5-2-6-17-36/h1-30H. The summed E-state index contributed by atoms with van der Waals surface area (Å²) in [6, 6.07) is 66.0. The topological polar surface area (TPSA) is 46.5 Å². The van der Waals surface area contributed by atoms with Crippen molar-refractivity contribution in [2.75, 3.05) is 0 Å². The third kappa shape index (κ3) is 4.65. The smallest absolute Gasteiger partial charge is 0.0998 e. The van der Waals surface area contributed by atoms with Gasteiger partial charge in [0.2, 0.25) is 0 Å². The normalized spacial score (nSPS) is 11.4. The van der Waals surface area contributed by atoms with Crippen molar-refractivity contribution in [3.05, 3.63) is 188 Å². The lowest BCUT2D eigenvalue weighted by Gasteiger charge is -2.13. The number of rotatable bonds is 5. The Hall–Kier alpha value is -7.22. The van der Waals surface area contributed by atoms with Crippen LogP contribution in [0.25, 0.3) is 88.6 Å². The molecule has 0 unspecified atom stereocenters. The van der Waals surface area contributed by atoms with Crippen LogP contribution in [0.3, 0.4) is 0 Å². The Morgan fingerprint density at radius 2 is 1.04 bits per heavy atom. The SMILES string of the molecule is N#Cc1ccccc1-c1cc(-c2ccc(-n3c4ccccc4c4ccc5c(c6ccccc6n5-c5ccccc5)c43)cc2)cc(-c2ccccc2)n1. The number of nitriles is 1. The van der Waals surface area contributed by atoms with E-state index in [9.17, 15) is 5.26 Å². The molecule has 7 aromatic carbocycles. The molecule has 0 saturated carbocycles. The Morgan fingerprint density at radius 1 is 0.423 bits per heavy atom. The predicted molar refractivity (Wildman–Crippen MR) is 214 cm³/mol. The van der Waals surface area contributed by atoms with Crippen LogP contribution in [0.5, 0.6) is 0 Å². The van der Waals surface area contributed by atoms with Gasteiger partial charge in [0, 0.05) is 44.0 Å². The Labute approximate surface area is 300 Å². The lowest BCUT2D eigenvalue weighted by atomic mass is 9.98. The van der Waals surface area contributed by atoms with Gasteiger partial charge in [-0.05, 0) is 71.8 Å². The highest BCUT2D eigenvalue weighted by molar-refractivity contribution is 6.26. The van der Waals surface area contributed by atoms with Crippen molar-refractivity contribution in [1.29, 1.82) is 5.26 Å². The number of hydrogen-bond acceptors (Lipinski definition) is 2. The second-order valence-corrected chi connectivity index (χ2v) is 13.1. The molecule has 0 N–H and O–H groups in total. The molecule has 0 saturated heterocycles. The fraction of sp³-hybridized carbons (Fsp3) is 0. The lowest BCUT2D eigenvalue weighted by molar-refractivity contribution is 1.17. The van der Waals surface area contributed by atoms with E-state index in [0.29, 0.717) is 5.56 Å². The Morgan fingerprint density at radius 3 is 1.81 bits per heavy atom. The van der Waals surface area contributed by atoms with E-state index in [0.717, 1.165) is 45.0 Å². The average Bonchev–Trinajstić information content (AvgIpc) is 3.74. The van der Waals surface area contributed by atoms with Crippen molar-refractivity contribution in [2.24, 2.45) is 0 Å². The molecule has 4 heteroatoms. The molecular weight excluding hydrogens is 633 g/mol. The minimum absolute atomic E-state index is 0.604. The molecule has 4 nitrogen and oxygen atoms in total. The highest BCUT2D eigenvalue weighted by Crippen LogP contribution is 2.42. The van der Waals surface area contributed by atoms with Gasteiger partial charge in [0.1, 0.15) is 0 Å². The summed E-state index contributed by atoms with van der Waals surface area (Å²) in [6.45, 7) is 0. The number of fused-ring (bicyclic) bond motifs is 7. The fourth-order valence-electron chi connectivity index (χ4n) is 7.83. The van der Waals surface area contributed by atoms with Gasteiger partial charge in [-0.25, -0.2) is 4.98 Å². The van der Waals surface area contributed by atoms with Crippen molar-refractivity contribution in [3.63, 3.8) is 0 Å². The van der Waals surface area contributed by atoms with Crippen LogP contribution in [0, 0.1) is 11.3 Å². The third-order valence-corrected chi connectivity index (χ3v) is 10.2. The first-order valence-electron chi connectivity index (χ1n) is 17.5. The van der Waals surface area contributed by atoms with Crippen LogP contribution < -0.4 is 0 Å². The molecule has 0 bridgehead atoms. The monoisotopic (exact) mass is 662 g/mol. The van der Waals surface area contributed by atoms with Gasteiger partial charge in [-0.15, -0.1) is 0 Å². The van der Waals surface area contributed by atoms with Crippen molar-refractivity contribution in [3.8, 4) is 51.1 Å². The van der Waals surface area contributed by atoms with Gasteiger partial charge in [-0.3, -0.25) is 0 Å². The molecule has 52 heavy (non-hydrogen) atoms. The van der Waals surface area contributed by atoms with Gasteiger partial charge < -0.3 is 9.13 Å². The molecule has 0 amide bonds. The van der Waals surface area contributed by atoms with Crippen molar-refractivity contribution < 1.29 is 0 Å². The predicted octanol–water partition coefficient (Wildman–Crippen LogP) is 12.1. The highest BCUT2D eigenvalue weighted by atomic mass is 15.0. The minimum Gasteiger partial charge on any atom is -0.309 e.